The number of aryl methyl sites for hydroxylation is 1. The van der Waals surface area contributed by atoms with Crippen LogP contribution in [0, 0.1) is 0 Å². The van der Waals surface area contributed by atoms with E-state index >= 15 is 0 Å². The molecule has 0 amide bonds. The molecule has 2 aromatic rings. The number of hydrogen-bond acceptors (Lipinski definition) is 4. The summed E-state index contributed by atoms with van der Waals surface area (Å²) in [5.74, 6) is -1.12. The van der Waals surface area contributed by atoms with Gasteiger partial charge >= 0.3 is 5.97 Å². The van der Waals surface area contributed by atoms with Crippen molar-refractivity contribution in [3.8, 4) is 0 Å². The Morgan fingerprint density at radius 2 is 2.00 bits per heavy atom. The molecule has 1 unspecified atom stereocenters. The fourth-order valence-corrected chi connectivity index (χ4v) is 4.92. The molecule has 0 aliphatic heterocycles. The minimum atomic E-state index is -3.69. The molecule has 5 nitrogen and oxygen atoms in total. The molecule has 21 heavy (non-hydrogen) atoms. The van der Waals surface area contributed by atoms with Gasteiger partial charge in [0.2, 0.25) is 0 Å². The van der Waals surface area contributed by atoms with Crippen LogP contribution in [0.5, 0.6) is 0 Å². The quantitative estimate of drug-likeness (QED) is 0.905. The number of carboxylic acids is 1. The second-order valence-electron chi connectivity index (χ2n) is 4.84. The number of nitrogens with one attached hydrogen (secondary N) is 1. The average molecular weight is 323 g/mol. The predicted octanol–water partition coefficient (Wildman–Crippen LogP) is 2.41. The summed E-state index contributed by atoms with van der Waals surface area (Å²) in [6.07, 6.45) is 1.56. The van der Waals surface area contributed by atoms with E-state index in [2.05, 4.69) is 4.72 Å². The molecule has 7 heteroatoms. The summed E-state index contributed by atoms with van der Waals surface area (Å²) in [6, 6.07) is 10.1. The van der Waals surface area contributed by atoms with E-state index in [0.29, 0.717) is 0 Å². The summed E-state index contributed by atoms with van der Waals surface area (Å²) in [4.78, 5) is 10.9. The summed E-state index contributed by atoms with van der Waals surface area (Å²) in [7, 11) is -3.69. The smallest absolute Gasteiger partial charge is 0.345 e. The Morgan fingerprint density at radius 3 is 2.71 bits per heavy atom. The molecule has 110 valence electrons. The molecule has 0 saturated heterocycles. The number of aromatic carboxylic acids is 1. The first-order chi connectivity index (χ1) is 9.97. The Kier molecular flexibility index (Phi) is 3.56. The zero-order chi connectivity index (χ0) is 15.0. The average Bonchev–Trinajstić information content (AvgIpc) is 3.06. The molecule has 0 saturated carbocycles. The van der Waals surface area contributed by atoms with Gasteiger partial charge in [-0.05, 0) is 36.1 Å². The molecule has 1 aromatic heterocycles. The van der Waals surface area contributed by atoms with Crippen LogP contribution in [0.1, 0.15) is 33.3 Å². The van der Waals surface area contributed by atoms with E-state index in [1.54, 1.807) is 0 Å². The summed E-state index contributed by atoms with van der Waals surface area (Å²) < 4.78 is 27.4. The monoisotopic (exact) mass is 323 g/mol. The van der Waals surface area contributed by atoms with Gasteiger partial charge in [0.15, 0.2) is 0 Å². The summed E-state index contributed by atoms with van der Waals surface area (Å²) in [5, 5.41) is 8.87. The third-order valence-electron chi connectivity index (χ3n) is 3.49. The van der Waals surface area contributed by atoms with Gasteiger partial charge in [-0.3, -0.25) is 0 Å². The number of benzene rings is 1. The lowest BCUT2D eigenvalue weighted by Gasteiger charge is -2.13. The molecule has 0 fully saturated rings. The zero-order valence-electron chi connectivity index (χ0n) is 10.9. The van der Waals surface area contributed by atoms with Crippen LogP contribution in [0.3, 0.4) is 0 Å². The SMILES string of the molecule is O=C(O)c1ccc(S(=O)(=O)NC2CCc3ccccc32)s1. The predicted molar refractivity (Wildman–Crippen MR) is 79.1 cm³/mol. The van der Waals surface area contributed by atoms with Crippen molar-refractivity contribution in [2.24, 2.45) is 0 Å². The molecule has 1 heterocycles. The summed E-state index contributed by atoms with van der Waals surface area (Å²) >= 11 is 0.763. The minimum absolute atomic E-state index is 0.0159. The van der Waals surface area contributed by atoms with E-state index in [-0.39, 0.29) is 15.1 Å². The normalized spacial score (nSPS) is 17.6. The molecule has 1 aromatic carbocycles. The summed E-state index contributed by atoms with van der Waals surface area (Å²) in [6.45, 7) is 0. The van der Waals surface area contributed by atoms with Gasteiger partial charge in [-0.15, -0.1) is 11.3 Å². The van der Waals surface area contributed by atoms with Gasteiger partial charge in [-0.2, -0.15) is 0 Å². The van der Waals surface area contributed by atoms with Gasteiger partial charge in [-0.1, -0.05) is 24.3 Å². The Morgan fingerprint density at radius 1 is 1.24 bits per heavy atom. The fraction of sp³-hybridized carbons (Fsp3) is 0.214. The van der Waals surface area contributed by atoms with Crippen LogP contribution in [-0.4, -0.2) is 19.5 Å². The van der Waals surface area contributed by atoms with Gasteiger partial charge in [0.1, 0.15) is 9.09 Å². The molecule has 1 atom stereocenters. The van der Waals surface area contributed by atoms with Crippen molar-refractivity contribution < 1.29 is 18.3 Å². The van der Waals surface area contributed by atoms with Crippen molar-refractivity contribution in [2.45, 2.75) is 23.1 Å². The van der Waals surface area contributed by atoms with Gasteiger partial charge in [0, 0.05) is 6.04 Å². The van der Waals surface area contributed by atoms with E-state index < -0.39 is 16.0 Å². The third-order valence-corrected chi connectivity index (χ3v) is 6.52. The standard InChI is InChI=1S/C14H13NO4S2/c16-14(17)12-7-8-13(20-12)21(18,19)15-11-6-5-9-3-1-2-4-10(9)11/h1-4,7-8,11,15H,5-6H2,(H,16,17). The second kappa shape index (κ2) is 5.25. The highest BCUT2D eigenvalue weighted by Crippen LogP contribution is 2.32. The highest BCUT2D eigenvalue weighted by Gasteiger charge is 2.28. The van der Waals surface area contributed by atoms with Gasteiger partial charge in [-0.25, -0.2) is 17.9 Å². The number of hydrogen-bond donors (Lipinski definition) is 2. The molecule has 0 spiro atoms. The molecule has 0 radical (unpaired) electrons. The molecular weight excluding hydrogens is 310 g/mol. The van der Waals surface area contributed by atoms with E-state index in [1.807, 2.05) is 24.3 Å². The van der Waals surface area contributed by atoms with Crippen LogP contribution in [0.25, 0.3) is 0 Å². The molecule has 1 aliphatic carbocycles. The Bertz CT molecular complexity index is 795. The van der Waals surface area contributed by atoms with E-state index in [4.69, 9.17) is 5.11 Å². The highest BCUT2D eigenvalue weighted by atomic mass is 32.2. The van der Waals surface area contributed by atoms with Crippen LogP contribution in [0.4, 0.5) is 0 Å². The maximum atomic E-state index is 12.3. The van der Waals surface area contributed by atoms with Crippen molar-refractivity contribution in [1.29, 1.82) is 0 Å². The number of fused-ring (bicyclic) bond motifs is 1. The van der Waals surface area contributed by atoms with Gasteiger partial charge in [0.25, 0.3) is 10.0 Å². The third kappa shape index (κ3) is 2.72. The number of sulfonamides is 1. The van der Waals surface area contributed by atoms with Crippen LogP contribution in [0.2, 0.25) is 0 Å². The second-order valence-corrected chi connectivity index (χ2v) is 7.86. The first-order valence-corrected chi connectivity index (χ1v) is 8.70. The summed E-state index contributed by atoms with van der Waals surface area (Å²) in [5.41, 5.74) is 2.15. The Balaban J connectivity index is 1.85. The molecule has 1 aliphatic rings. The van der Waals surface area contributed by atoms with Crippen molar-refractivity contribution in [2.75, 3.05) is 0 Å². The Hall–Kier alpha value is -1.70. The van der Waals surface area contributed by atoms with E-state index in [0.717, 1.165) is 35.3 Å². The highest BCUT2D eigenvalue weighted by molar-refractivity contribution is 7.91. The molecule has 0 bridgehead atoms. The topological polar surface area (TPSA) is 83.5 Å². The molecular formula is C14H13NO4S2. The van der Waals surface area contributed by atoms with Crippen LogP contribution >= 0.6 is 11.3 Å². The number of thiophene rings is 1. The van der Waals surface area contributed by atoms with Crippen LogP contribution in [-0.2, 0) is 16.4 Å². The number of rotatable bonds is 4. The first kappa shape index (κ1) is 14.2. The minimum Gasteiger partial charge on any atom is -0.477 e. The number of carbonyl (C=O) groups is 1. The largest absolute Gasteiger partial charge is 0.477 e. The molecule has 2 N–H and O–H groups in total. The molecule has 3 rings (SSSR count). The van der Waals surface area contributed by atoms with Crippen molar-refractivity contribution in [3.63, 3.8) is 0 Å². The fourth-order valence-electron chi connectivity index (χ4n) is 2.50. The maximum absolute atomic E-state index is 12.3. The van der Waals surface area contributed by atoms with E-state index in [1.165, 1.54) is 12.1 Å². The first-order valence-electron chi connectivity index (χ1n) is 6.40. The zero-order valence-corrected chi connectivity index (χ0v) is 12.6. The van der Waals surface area contributed by atoms with E-state index in [9.17, 15) is 13.2 Å². The number of carboxylic acid groups (broad SMARTS) is 1. The van der Waals surface area contributed by atoms with Gasteiger partial charge in [0.05, 0.1) is 0 Å². The van der Waals surface area contributed by atoms with Crippen LogP contribution < -0.4 is 4.72 Å². The van der Waals surface area contributed by atoms with Crippen molar-refractivity contribution in [3.05, 3.63) is 52.4 Å². The lowest BCUT2D eigenvalue weighted by atomic mass is 10.1. The lowest BCUT2D eigenvalue weighted by molar-refractivity contribution is 0.0702. The maximum Gasteiger partial charge on any atom is 0.345 e. The Labute approximate surface area is 126 Å². The lowest BCUT2D eigenvalue weighted by Crippen LogP contribution is -2.26. The van der Waals surface area contributed by atoms with Crippen molar-refractivity contribution >= 4 is 27.3 Å². The van der Waals surface area contributed by atoms with Crippen LogP contribution in [0.15, 0.2) is 40.6 Å². The van der Waals surface area contributed by atoms with Gasteiger partial charge < -0.3 is 5.11 Å². The van der Waals surface area contributed by atoms with Crippen molar-refractivity contribution in [1.82, 2.24) is 4.72 Å².